The van der Waals surface area contributed by atoms with Crippen LogP contribution in [0.3, 0.4) is 0 Å². The number of rotatable bonds is 2. The van der Waals surface area contributed by atoms with Crippen molar-refractivity contribution < 1.29 is 19.1 Å². The van der Waals surface area contributed by atoms with Crippen LogP contribution in [0.25, 0.3) is 0 Å². The molecule has 2 aliphatic rings. The average molecular weight is 308 g/mol. The van der Waals surface area contributed by atoms with Gasteiger partial charge in [-0.15, -0.1) is 0 Å². The minimum atomic E-state index is -0.910. The third kappa shape index (κ3) is 2.38. The maximum absolute atomic E-state index is 12.5. The number of nitrogens with one attached hydrogen (secondary N) is 1. The average Bonchev–Trinajstić information content (AvgIpc) is 3.01. The first-order chi connectivity index (χ1) is 10.6. The van der Waals surface area contributed by atoms with E-state index in [2.05, 4.69) is 10.3 Å². The molecule has 2 fully saturated rings. The lowest BCUT2D eigenvalue weighted by atomic mass is 9.71. The summed E-state index contributed by atoms with van der Waals surface area (Å²) in [7, 11) is 0. The van der Waals surface area contributed by atoms with E-state index in [0.717, 1.165) is 6.42 Å². The molecular weight excluding hydrogens is 288 g/mol. The van der Waals surface area contributed by atoms with E-state index in [-0.39, 0.29) is 30.6 Å². The number of hydrogen-bond acceptors (Lipinski definition) is 6. The minimum absolute atomic E-state index is 0.123. The Labute approximate surface area is 127 Å². The fourth-order valence-electron chi connectivity index (χ4n) is 3.28. The largest absolute Gasteiger partial charge is 0.447 e. The third-order valence-electron chi connectivity index (χ3n) is 4.55. The highest BCUT2D eigenvalue weighted by Crippen LogP contribution is 2.37. The summed E-state index contributed by atoms with van der Waals surface area (Å²) in [5.41, 5.74) is 4.70. The lowest BCUT2D eigenvalue weighted by Crippen LogP contribution is -2.62. The van der Waals surface area contributed by atoms with E-state index in [4.69, 9.17) is 10.2 Å². The number of aliphatic hydroxyl groups is 1. The first-order valence-electron chi connectivity index (χ1n) is 7.47. The molecule has 2 amide bonds. The number of aliphatic hydroxyl groups excluding tert-OH is 1. The summed E-state index contributed by atoms with van der Waals surface area (Å²) in [6.45, 7) is 1.33. The Morgan fingerprint density at radius 2 is 2.45 bits per heavy atom. The van der Waals surface area contributed by atoms with Crippen molar-refractivity contribution in [1.29, 1.82) is 0 Å². The first-order valence-corrected chi connectivity index (χ1v) is 7.47. The summed E-state index contributed by atoms with van der Waals surface area (Å²) in [4.78, 5) is 30.4. The second-order valence-electron chi connectivity index (χ2n) is 5.88. The molecule has 0 unspecified atom stereocenters. The van der Waals surface area contributed by atoms with E-state index < -0.39 is 11.5 Å². The van der Waals surface area contributed by atoms with Crippen LogP contribution in [0, 0.1) is 5.41 Å². The Morgan fingerprint density at radius 3 is 3.14 bits per heavy atom. The standard InChI is InChI=1S/C14H20N4O4/c15-6-11-17-9(7-22-11)12(20)18-5-2-10(19)14(8-18)3-1-4-16-13(14)21/h7,10,19H,1-6,8,15H2,(H,16,21)/t10-,14-/m1/s1. The number of nitrogens with two attached hydrogens (primary N) is 1. The number of hydrogen-bond donors (Lipinski definition) is 3. The Kier molecular flexibility index (Phi) is 3.88. The zero-order valence-electron chi connectivity index (χ0n) is 12.2. The topological polar surface area (TPSA) is 122 Å². The van der Waals surface area contributed by atoms with Crippen LogP contribution in [0.5, 0.6) is 0 Å². The van der Waals surface area contributed by atoms with Gasteiger partial charge in [-0.1, -0.05) is 0 Å². The molecular formula is C14H20N4O4. The summed E-state index contributed by atoms with van der Waals surface area (Å²) in [5, 5.41) is 13.1. The van der Waals surface area contributed by atoms with Gasteiger partial charge in [0.2, 0.25) is 11.8 Å². The van der Waals surface area contributed by atoms with Crippen molar-refractivity contribution in [2.24, 2.45) is 11.1 Å². The van der Waals surface area contributed by atoms with E-state index in [1.807, 2.05) is 0 Å². The van der Waals surface area contributed by atoms with Gasteiger partial charge in [-0.2, -0.15) is 0 Å². The van der Waals surface area contributed by atoms with Crippen LogP contribution < -0.4 is 11.1 Å². The van der Waals surface area contributed by atoms with Gasteiger partial charge < -0.3 is 25.5 Å². The molecule has 0 aromatic carbocycles. The second-order valence-corrected chi connectivity index (χ2v) is 5.88. The fraction of sp³-hybridized carbons (Fsp3) is 0.643. The molecule has 2 saturated heterocycles. The number of nitrogens with zero attached hydrogens (tertiary/aromatic N) is 2. The molecule has 1 aromatic rings. The predicted molar refractivity (Wildman–Crippen MR) is 75.6 cm³/mol. The first kappa shape index (κ1) is 15.0. The van der Waals surface area contributed by atoms with E-state index in [1.165, 1.54) is 6.26 Å². The molecule has 0 bridgehead atoms. The van der Waals surface area contributed by atoms with Crippen molar-refractivity contribution in [2.75, 3.05) is 19.6 Å². The lowest BCUT2D eigenvalue weighted by Gasteiger charge is -2.46. The van der Waals surface area contributed by atoms with Crippen LogP contribution in [-0.4, -0.2) is 52.5 Å². The molecule has 1 aromatic heterocycles. The van der Waals surface area contributed by atoms with Crippen molar-refractivity contribution >= 4 is 11.8 Å². The van der Waals surface area contributed by atoms with Crippen molar-refractivity contribution in [3.63, 3.8) is 0 Å². The maximum atomic E-state index is 12.5. The van der Waals surface area contributed by atoms with Gasteiger partial charge >= 0.3 is 0 Å². The monoisotopic (exact) mass is 308 g/mol. The smallest absolute Gasteiger partial charge is 0.275 e. The number of piperidine rings is 2. The van der Waals surface area contributed by atoms with Crippen molar-refractivity contribution in [2.45, 2.75) is 31.9 Å². The summed E-state index contributed by atoms with van der Waals surface area (Å²) < 4.78 is 5.09. The Morgan fingerprint density at radius 1 is 1.64 bits per heavy atom. The molecule has 3 rings (SSSR count). The van der Waals surface area contributed by atoms with E-state index in [1.54, 1.807) is 4.90 Å². The molecule has 0 aliphatic carbocycles. The van der Waals surface area contributed by atoms with Gasteiger partial charge in [0.05, 0.1) is 18.1 Å². The lowest BCUT2D eigenvalue weighted by molar-refractivity contribution is -0.147. The van der Waals surface area contributed by atoms with Gasteiger partial charge in [-0.05, 0) is 19.3 Å². The number of amides is 2. The highest BCUT2D eigenvalue weighted by molar-refractivity contribution is 5.93. The van der Waals surface area contributed by atoms with Gasteiger partial charge in [-0.25, -0.2) is 4.98 Å². The van der Waals surface area contributed by atoms with Crippen LogP contribution in [0.2, 0.25) is 0 Å². The fourth-order valence-corrected chi connectivity index (χ4v) is 3.28. The molecule has 4 N–H and O–H groups in total. The zero-order valence-corrected chi connectivity index (χ0v) is 12.2. The maximum Gasteiger partial charge on any atom is 0.275 e. The van der Waals surface area contributed by atoms with Crippen LogP contribution in [0.1, 0.15) is 35.6 Å². The summed E-state index contributed by atoms with van der Waals surface area (Å²) >= 11 is 0. The number of carbonyl (C=O) groups is 2. The van der Waals surface area contributed by atoms with Crippen LogP contribution in [0.15, 0.2) is 10.7 Å². The molecule has 2 atom stereocenters. The minimum Gasteiger partial charge on any atom is -0.447 e. The van der Waals surface area contributed by atoms with Gasteiger partial charge in [0.25, 0.3) is 5.91 Å². The van der Waals surface area contributed by atoms with Crippen LogP contribution >= 0.6 is 0 Å². The van der Waals surface area contributed by atoms with Gasteiger partial charge in [0.1, 0.15) is 6.26 Å². The molecule has 8 heteroatoms. The van der Waals surface area contributed by atoms with Gasteiger partial charge in [-0.3, -0.25) is 9.59 Å². The Hall–Kier alpha value is -1.93. The molecule has 8 nitrogen and oxygen atoms in total. The van der Waals surface area contributed by atoms with Crippen LogP contribution in [-0.2, 0) is 11.3 Å². The number of oxazole rings is 1. The third-order valence-corrected chi connectivity index (χ3v) is 4.55. The van der Waals surface area contributed by atoms with Crippen molar-refractivity contribution in [3.8, 4) is 0 Å². The SMILES string of the molecule is NCc1nc(C(=O)N2CC[C@@H](O)[C@@]3(CCCNC3=O)C2)co1. The zero-order chi connectivity index (χ0) is 15.7. The highest BCUT2D eigenvalue weighted by atomic mass is 16.3. The second kappa shape index (κ2) is 5.69. The van der Waals surface area contributed by atoms with E-state index in [9.17, 15) is 14.7 Å². The Bertz CT molecular complexity index is 587. The number of aromatic nitrogens is 1. The number of carbonyl (C=O) groups excluding carboxylic acids is 2. The van der Waals surface area contributed by atoms with Crippen molar-refractivity contribution in [3.05, 3.63) is 17.8 Å². The van der Waals surface area contributed by atoms with Gasteiger partial charge in [0, 0.05) is 19.6 Å². The molecule has 3 heterocycles. The molecule has 0 radical (unpaired) electrons. The quantitative estimate of drug-likeness (QED) is 0.660. The van der Waals surface area contributed by atoms with Crippen molar-refractivity contribution in [1.82, 2.24) is 15.2 Å². The molecule has 2 aliphatic heterocycles. The van der Waals surface area contributed by atoms with Gasteiger partial charge in [0.15, 0.2) is 5.69 Å². The highest BCUT2D eigenvalue weighted by Gasteiger charge is 2.50. The normalized spacial score (nSPS) is 28.7. The van der Waals surface area contributed by atoms with Crippen LogP contribution in [0.4, 0.5) is 0 Å². The summed E-state index contributed by atoms with van der Waals surface area (Å²) in [6.07, 6.45) is 2.31. The Balaban J connectivity index is 1.80. The predicted octanol–water partition coefficient (Wildman–Crippen LogP) is -0.763. The summed E-state index contributed by atoms with van der Waals surface area (Å²) in [5.74, 6) is -0.176. The molecule has 0 saturated carbocycles. The number of likely N-dealkylation sites (tertiary alicyclic amines) is 1. The summed E-state index contributed by atoms with van der Waals surface area (Å²) in [6, 6.07) is 0. The molecule has 22 heavy (non-hydrogen) atoms. The molecule has 120 valence electrons. The van der Waals surface area contributed by atoms with E-state index in [0.29, 0.717) is 31.8 Å². The molecule has 1 spiro atoms. The van der Waals surface area contributed by atoms with E-state index >= 15 is 0 Å².